The number of benzene rings is 1. The number of nitrogens with two attached hydrogens (primary N) is 1. The highest BCUT2D eigenvalue weighted by atomic mass is 79.9. The van der Waals surface area contributed by atoms with Crippen LogP contribution in [0.2, 0.25) is 0 Å². The molecule has 0 bridgehead atoms. The van der Waals surface area contributed by atoms with E-state index in [4.69, 9.17) is 10.9 Å². The van der Waals surface area contributed by atoms with Gasteiger partial charge in [0, 0.05) is 22.7 Å². The third-order valence-corrected chi connectivity index (χ3v) is 4.38. The first kappa shape index (κ1) is 14.2. The quantitative estimate of drug-likeness (QED) is 0.379. The lowest BCUT2D eigenvalue weighted by Gasteiger charge is -2.31. The molecule has 104 valence electrons. The lowest BCUT2D eigenvalue weighted by molar-refractivity contribution is 0.318. The summed E-state index contributed by atoms with van der Waals surface area (Å²) < 4.78 is 0.858. The first-order valence-electron chi connectivity index (χ1n) is 6.68. The van der Waals surface area contributed by atoms with Crippen molar-refractivity contribution in [2.75, 3.05) is 11.4 Å². The maximum absolute atomic E-state index is 8.98. The van der Waals surface area contributed by atoms with Gasteiger partial charge >= 0.3 is 0 Å². The summed E-state index contributed by atoms with van der Waals surface area (Å²) in [4.78, 5) is 2.37. The van der Waals surface area contributed by atoms with Gasteiger partial charge in [0.2, 0.25) is 0 Å². The number of hydrogen-bond acceptors (Lipinski definition) is 3. The van der Waals surface area contributed by atoms with Gasteiger partial charge in [-0.1, -0.05) is 24.1 Å². The third kappa shape index (κ3) is 3.03. The molecule has 0 radical (unpaired) electrons. The van der Waals surface area contributed by atoms with Gasteiger partial charge in [0.05, 0.1) is 5.56 Å². The topological polar surface area (TPSA) is 61.8 Å². The minimum atomic E-state index is 0.152. The molecule has 1 heterocycles. The van der Waals surface area contributed by atoms with Crippen molar-refractivity contribution < 1.29 is 5.21 Å². The van der Waals surface area contributed by atoms with Crippen LogP contribution in [0.25, 0.3) is 0 Å². The van der Waals surface area contributed by atoms with Gasteiger partial charge < -0.3 is 15.8 Å². The minimum absolute atomic E-state index is 0.152. The fourth-order valence-electron chi connectivity index (χ4n) is 2.69. The maximum Gasteiger partial charge on any atom is 0.173 e. The van der Waals surface area contributed by atoms with E-state index >= 15 is 0 Å². The third-order valence-electron chi connectivity index (χ3n) is 3.72. The van der Waals surface area contributed by atoms with Gasteiger partial charge in [0.15, 0.2) is 5.84 Å². The molecular formula is C14H20BrN3O. The average molecular weight is 326 g/mol. The molecule has 1 aliphatic heterocycles. The van der Waals surface area contributed by atoms with Gasteiger partial charge in [-0.2, -0.15) is 0 Å². The highest BCUT2D eigenvalue weighted by molar-refractivity contribution is 9.10. The van der Waals surface area contributed by atoms with E-state index in [2.05, 4.69) is 32.9 Å². The molecule has 0 amide bonds. The number of nitrogens with zero attached hydrogens (tertiary/aromatic N) is 2. The Morgan fingerprint density at radius 2 is 2.21 bits per heavy atom. The summed E-state index contributed by atoms with van der Waals surface area (Å²) in [5.74, 6) is 0.152. The number of rotatable bonds is 2. The summed E-state index contributed by atoms with van der Waals surface area (Å²) in [5, 5.41) is 12.1. The highest BCUT2D eigenvalue weighted by Crippen LogP contribution is 2.31. The van der Waals surface area contributed by atoms with Crippen molar-refractivity contribution in [2.45, 2.75) is 38.6 Å². The monoisotopic (exact) mass is 325 g/mol. The van der Waals surface area contributed by atoms with E-state index < -0.39 is 0 Å². The molecule has 1 atom stereocenters. The Labute approximate surface area is 122 Å². The first-order valence-corrected chi connectivity index (χ1v) is 7.47. The number of oxime groups is 1. The lowest BCUT2D eigenvalue weighted by atomic mass is 10.1. The number of amidine groups is 1. The molecule has 1 fully saturated rings. The molecule has 19 heavy (non-hydrogen) atoms. The number of anilines is 1. The van der Waals surface area contributed by atoms with Crippen molar-refractivity contribution in [3.63, 3.8) is 0 Å². The minimum Gasteiger partial charge on any atom is -0.409 e. The Kier molecular flexibility index (Phi) is 4.69. The Balaban J connectivity index is 2.45. The van der Waals surface area contributed by atoms with Gasteiger partial charge in [-0.25, -0.2) is 0 Å². The summed E-state index contributed by atoms with van der Waals surface area (Å²) in [7, 11) is 0. The maximum atomic E-state index is 8.98. The zero-order valence-electron chi connectivity index (χ0n) is 11.1. The summed E-state index contributed by atoms with van der Waals surface area (Å²) in [5.41, 5.74) is 7.65. The molecule has 4 nitrogen and oxygen atoms in total. The predicted octanol–water partition coefficient (Wildman–Crippen LogP) is 3.31. The number of halogens is 1. The van der Waals surface area contributed by atoms with Crippen molar-refractivity contribution in [3.05, 3.63) is 28.2 Å². The van der Waals surface area contributed by atoms with Crippen LogP contribution in [0.15, 0.2) is 27.8 Å². The van der Waals surface area contributed by atoms with Crippen LogP contribution in [0.4, 0.5) is 5.69 Å². The highest BCUT2D eigenvalue weighted by Gasteiger charge is 2.22. The van der Waals surface area contributed by atoms with Gasteiger partial charge in [0.1, 0.15) is 0 Å². The Hall–Kier alpha value is -1.23. The zero-order valence-corrected chi connectivity index (χ0v) is 12.7. The van der Waals surface area contributed by atoms with Gasteiger partial charge in [-0.3, -0.25) is 0 Å². The molecule has 1 aromatic rings. The van der Waals surface area contributed by atoms with Gasteiger partial charge in [0.25, 0.3) is 0 Å². The Morgan fingerprint density at radius 3 is 2.95 bits per heavy atom. The molecule has 3 N–H and O–H groups in total. The molecule has 1 aliphatic rings. The Morgan fingerprint density at radius 1 is 1.42 bits per heavy atom. The average Bonchev–Trinajstić information content (AvgIpc) is 2.62. The molecule has 1 aromatic carbocycles. The fraction of sp³-hybridized carbons (Fsp3) is 0.500. The van der Waals surface area contributed by atoms with E-state index in [9.17, 15) is 0 Å². The standard InChI is InChI=1S/C14H20BrN3O/c1-10-6-3-2-4-9-18(10)12-8-5-7-11(15)13(12)14(16)17-19/h5,7-8,10,19H,2-4,6,9H2,1H3,(H2,16,17). The molecule has 0 saturated carbocycles. The summed E-state index contributed by atoms with van der Waals surface area (Å²) in [6.45, 7) is 3.26. The first-order chi connectivity index (χ1) is 9.15. The van der Waals surface area contributed by atoms with Crippen LogP contribution in [0, 0.1) is 0 Å². The smallest absolute Gasteiger partial charge is 0.173 e. The van der Waals surface area contributed by atoms with Crippen LogP contribution >= 0.6 is 15.9 Å². The van der Waals surface area contributed by atoms with Crippen LogP contribution in [-0.4, -0.2) is 23.6 Å². The molecule has 2 rings (SSSR count). The van der Waals surface area contributed by atoms with Crippen LogP contribution < -0.4 is 10.6 Å². The van der Waals surface area contributed by atoms with E-state index in [0.717, 1.165) is 22.3 Å². The summed E-state index contributed by atoms with van der Waals surface area (Å²) in [6.07, 6.45) is 4.91. The molecule has 1 unspecified atom stereocenters. The van der Waals surface area contributed by atoms with Gasteiger partial charge in [-0.05, 0) is 47.8 Å². The van der Waals surface area contributed by atoms with Crippen LogP contribution in [-0.2, 0) is 0 Å². The van der Waals surface area contributed by atoms with Crippen LogP contribution in [0.1, 0.15) is 38.2 Å². The van der Waals surface area contributed by atoms with Crippen molar-refractivity contribution in [3.8, 4) is 0 Å². The second-order valence-corrected chi connectivity index (χ2v) is 5.87. The molecule has 0 spiro atoms. The van der Waals surface area contributed by atoms with Crippen molar-refractivity contribution >= 4 is 27.5 Å². The molecular weight excluding hydrogens is 306 g/mol. The largest absolute Gasteiger partial charge is 0.409 e. The molecule has 1 saturated heterocycles. The zero-order chi connectivity index (χ0) is 13.8. The summed E-state index contributed by atoms with van der Waals surface area (Å²) in [6, 6.07) is 6.42. The van der Waals surface area contributed by atoms with E-state index in [1.54, 1.807) is 0 Å². The Bertz CT molecular complexity index is 476. The predicted molar refractivity (Wildman–Crippen MR) is 81.9 cm³/mol. The second-order valence-electron chi connectivity index (χ2n) is 5.01. The van der Waals surface area contributed by atoms with Crippen molar-refractivity contribution in [2.24, 2.45) is 10.9 Å². The van der Waals surface area contributed by atoms with Crippen molar-refractivity contribution in [1.29, 1.82) is 0 Å². The number of hydrogen-bond donors (Lipinski definition) is 2. The van der Waals surface area contributed by atoms with Crippen LogP contribution in [0.3, 0.4) is 0 Å². The lowest BCUT2D eigenvalue weighted by Crippen LogP contribution is -2.34. The van der Waals surface area contributed by atoms with Crippen LogP contribution in [0.5, 0.6) is 0 Å². The van der Waals surface area contributed by atoms with Gasteiger partial charge in [-0.15, -0.1) is 0 Å². The fourth-order valence-corrected chi connectivity index (χ4v) is 3.25. The normalized spacial score (nSPS) is 21.3. The second kappa shape index (κ2) is 6.28. The summed E-state index contributed by atoms with van der Waals surface area (Å²) >= 11 is 3.50. The molecule has 0 aliphatic carbocycles. The van der Waals surface area contributed by atoms with E-state index in [0.29, 0.717) is 6.04 Å². The SMILES string of the molecule is CC1CCCCCN1c1cccc(Br)c1/C(N)=N/O. The van der Waals surface area contributed by atoms with Crippen molar-refractivity contribution in [1.82, 2.24) is 0 Å². The molecule has 0 aromatic heterocycles. The molecule has 5 heteroatoms. The van der Waals surface area contributed by atoms with E-state index in [1.807, 2.05) is 18.2 Å². The van der Waals surface area contributed by atoms with E-state index in [1.165, 1.54) is 25.7 Å². The van der Waals surface area contributed by atoms with E-state index in [-0.39, 0.29) is 5.84 Å².